The summed E-state index contributed by atoms with van der Waals surface area (Å²) < 4.78 is 27.5. The number of nitrogens with two attached hydrogens (primary N) is 1. The number of rotatable bonds is 2. The first-order valence-corrected chi connectivity index (χ1v) is 6.93. The quantitative estimate of drug-likeness (QED) is 0.901. The summed E-state index contributed by atoms with van der Waals surface area (Å²) in [6.07, 6.45) is 1.20. The van der Waals surface area contributed by atoms with Gasteiger partial charge in [-0.3, -0.25) is 4.79 Å². The minimum Gasteiger partial charge on any atom is -0.366 e. The summed E-state index contributed by atoms with van der Waals surface area (Å²) in [5, 5.41) is 0.00686. The Kier molecular flexibility index (Phi) is 3.41. The molecule has 1 amide bonds. The Morgan fingerprint density at radius 3 is 2.57 bits per heavy atom. The normalized spacial score (nSPS) is 16.8. The van der Waals surface area contributed by atoms with Crippen LogP contribution in [0.2, 0.25) is 5.02 Å². The van der Waals surface area contributed by atoms with E-state index in [9.17, 15) is 13.6 Å². The fourth-order valence-corrected chi connectivity index (χ4v) is 3.20. The molecule has 0 spiro atoms. The lowest BCUT2D eigenvalue weighted by Gasteiger charge is -2.14. The maximum atomic E-state index is 14.2. The summed E-state index contributed by atoms with van der Waals surface area (Å²) in [5.74, 6) is -1.69. The molecule has 2 nitrogen and oxygen atoms in total. The van der Waals surface area contributed by atoms with Crippen LogP contribution in [0.5, 0.6) is 0 Å². The number of hydrogen-bond acceptors (Lipinski definition) is 1. The molecule has 0 bridgehead atoms. The van der Waals surface area contributed by atoms with Gasteiger partial charge in [-0.1, -0.05) is 17.7 Å². The van der Waals surface area contributed by atoms with Gasteiger partial charge in [-0.25, -0.2) is 8.78 Å². The number of hydrogen-bond donors (Lipinski definition) is 1. The summed E-state index contributed by atoms with van der Waals surface area (Å²) in [6.45, 7) is 0. The molecule has 0 radical (unpaired) electrons. The Balaban J connectivity index is 2.13. The molecule has 2 aromatic rings. The first-order chi connectivity index (χ1) is 9.99. The van der Waals surface area contributed by atoms with Gasteiger partial charge in [0.05, 0.1) is 5.02 Å². The second-order valence-electron chi connectivity index (χ2n) is 5.12. The van der Waals surface area contributed by atoms with Crippen molar-refractivity contribution in [1.82, 2.24) is 0 Å². The molecule has 0 fully saturated rings. The van der Waals surface area contributed by atoms with Crippen LogP contribution in [-0.4, -0.2) is 5.91 Å². The molecule has 1 atom stereocenters. The number of fused-ring (bicyclic) bond motifs is 1. The lowest BCUT2D eigenvalue weighted by molar-refractivity contribution is 0.0999. The molecule has 0 saturated carbocycles. The highest BCUT2D eigenvalue weighted by Crippen LogP contribution is 2.41. The van der Waals surface area contributed by atoms with E-state index in [0.29, 0.717) is 29.5 Å². The highest BCUT2D eigenvalue weighted by Gasteiger charge is 2.30. The van der Waals surface area contributed by atoms with Gasteiger partial charge in [0.25, 0.3) is 0 Å². The van der Waals surface area contributed by atoms with E-state index < -0.39 is 11.7 Å². The van der Waals surface area contributed by atoms with Crippen molar-refractivity contribution >= 4 is 17.5 Å². The molecule has 2 N–H and O–H groups in total. The predicted molar refractivity (Wildman–Crippen MR) is 76.5 cm³/mol. The Hall–Kier alpha value is -1.94. The van der Waals surface area contributed by atoms with E-state index in [-0.39, 0.29) is 16.8 Å². The van der Waals surface area contributed by atoms with Crippen molar-refractivity contribution in [3.63, 3.8) is 0 Å². The molecule has 1 aliphatic rings. The smallest absolute Gasteiger partial charge is 0.248 e. The minimum atomic E-state index is -0.566. The molecule has 0 heterocycles. The summed E-state index contributed by atoms with van der Waals surface area (Å²) >= 11 is 5.80. The van der Waals surface area contributed by atoms with E-state index in [0.717, 1.165) is 5.56 Å². The second-order valence-corrected chi connectivity index (χ2v) is 5.52. The summed E-state index contributed by atoms with van der Waals surface area (Å²) in [6, 6.07) is 7.04. The van der Waals surface area contributed by atoms with Gasteiger partial charge in [-0.2, -0.15) is 0 Å². The van der Waals surface area contributed by atoms with Crippen LogP contribution in [0.25, 0.3) is 0 Å². The summed E-state index contributed by atoms with van der Waals surface area (Å²) in [4.78, 5) is 11.4. The Bertz CT molecular complexity index is 745. The molecular weight excluding hydrogens is 296 g/mol. The van der Waals surface area contributed by atoms with Gasteiger partial charge in [0.15, 0.2) is 0 Å². The van der Waals surface area contributed by atoms with E-state index in [1.165, 1.54) is 24.3 Å². The van der Waals surface area contributed by atoms with Gasteiger partial charge >= 0.3 is 0 Å². The third kappa shape index (κ3) is 2.29. The zero-order chi connectivity index (χ0) is 15.1. The third-order valence-corrected chi connectivity index (χ3v) is 4.24. The van der Waals surface area contributed by atoms with Crippen molar-refractivity contribution in [2.45, 2.75) is 18.8 Å². The number of primary amides is 1. The van der Waals surface area contributed by atoms with Crippen molar-refractivity contribution in [2.75, 3.05) is 0 Å². The number of halogens is 3. The monoisotopic (exact) mass is 307 g/mol. The molecule has 0 aliphatic heterocycles. The molecule has 108 valence electrons. The van der Waals surface area contributed by atoms with Gasteiger partial charge in [0, 0.05) is 11.5 Å². The Labute approximate surface area is 125 Å². The number of amides is 1. The van der Waals surface area contributed by atoms with Crippen LogP contribution >= 0.6 is 11.6 Å². The SMILES string of the molecule is NC(=O)c1ccc(F)c2c1CCC2c1ccc(F)c(Cl)c1. The van der Waals surface area contributed by atoms with Crippen molar-refractivity contribution in [2.24, 2.45) is 5.73 Å². The molecule has 21 heavy (non-hydrogen) atoms. The Morgan fingerprint density at radius 2 is 1.90 bits per heavy atom. The standard InChI is InChI=1S/C16H12ClF2NO/c17-12-7-8(1-5-13(12)18)9-2-3-10-11(16(20)21)4-6-14(19)15(9)10/h1,4-7,9H,2-3H2,(H2,20,21). The van der Waals surface area contributed by atoms with E-state index in [2.05, 4.69) is 0 Å². The van der Waals surface area contributed by atoms with Crippen LogP contribution in [-0.2, 0) is 6.42 Å². The number of carbonyl (C=O) groups is 1. The largest absolute Gasteiger partial charge is 0.366 e. The van der Waals surface area contributed by atoms with Gasteiger partial charge in [-0.05, 0) is 53.8 Å². The van der Waals surface area contributed by atoms with Crippen LogP contribution in [0.1, 0.15) is 39.4 Å². The molecule has 3 rings (SSSR count). The zero-order valence-corrected chi connectivity index (χ0v) is 11.8. The minimum absolute atomic E-state index is 0.00686. The Morgan fingerprint density at radius 1 is 1.19 bits per heavy atom. The van der Waals surface area contributed by atoms with Crippen molar-refractivity contribution in [3.8, 4) is 0 Å². The molecular formula is C16H12ClF2NO. The van der Waals surface area contributed by atoms with Crippen LogP contribution in [0, 0.1) is 11.6 Å². The van der Waals surface area contributed by atoms with Gasteiger partial charge in [0.1, 0.15) is 11.6 Å². The molecule has 5 heteroatoms. The molecule has 0 saturated heterocycles. The maximum Gasteiger partial charge on any atom is 0.248 e. The highest BCUT2D eigenvalue weighted by molar-refractivity contribution is 6.30. The highest BCUT2D eigenvalue weighted by atomic mass is 35.5. The number of carbonyl (C=O) groups excluding carboxylic acids is 1. The topological polar surface area (TPSA) is 43.1 Å². The fourth-order valence-electron chi connectivity index (χ4n) is 3.01. The number of benzene rings is 2. The lowest BCUT2D eigenvalue weighted by atomic mass is 9.91. The van der Waals surface area contributed by atoms with E-state index >= 15 is 0 Å². The predicted octanol–water partition coefficient (Wildman–Crippen LogP) is 3.80. The van der Waals surface area contributed by atoms with E-state index in [1.807, 2.05) is 0 Å². The lowest BCUT2D eigenvalue weighted by Crippen LogP contribution is -2.14. The maximum absolute atomic E-state index is 14.2. The average Bonchev–Trinajstić information content (AvgIpc) is 2.87. The van der Waals surface area contributed by atoms with Crippen molar-refractivity contribution in [1.29, 1.82) is 0 Å². The van der Waals surface area contributed by atoms with Crippen LogP contribution < -0.4 is 5.73 Å². The van der Waals surface area contributed by atoms with Gasteiger partial charge < -0.3 is 5.73 Å². The molecule has 0 aromatic heterocycles. The first-order valence-electron chi connectivity index (χ1n) is 6.55. The fraction of sp³-hybridized carbons (Fsp3) is 0.188. The molecule has 1 unspecified atom stereocenters. The van der Waals surface area contributed by atoms with Crippen LogP contribution in [0.15, 0.2) is 30.3 Å². The van der Waals surface area contributed by atoms with Crippen molar-refractivity contribution in [3.05, 3.63) is 69.2 Å². The second kappa shape index (κ2) is 5.11. The van der Waals surface area contributed by atoms with Crippen LogP contribution in [0.3, 0.4) is 0 Å². The van der Waals surface area contributed by atoms with Crippen LogP contribution in [0.4, 0.5) is 8.78 Å². The first kappa shape index (κ1) is 14.0. The van der Waals surface area contributed by atoms with Crippen molar-refractivity contribution < 1.29 is 13.6 Å². The van der Waals surface area contributed by atoms with E-state index in [1.54, 1.807) is 6.07 Å². The summed E-state index contributed by atoms with van der Waals surface area (Å²) in [7, 11) is 0. The molecule has 2 aromatic carbocycles. The molecule has 1 aliphatic carbocycles. The zero-order valence-electron chi connectivity index (χ0n) is 11.0. The average molecular weight is 308 g/mol. The van der Waals surface area contributed by atoms with E-state index in [4.69, 9.17) is 17.3 Å². The van der Waals surface area contributed by atoms with Gasteiger partial charge in [-0.15, -0.1) is 0 Å². The summed E-state index contributed by atoms with van der Waals surface area (Å²) in [5.41, 5.74) is 7.53. The third-order valence-electron chi connectivity index (χ3n) is 3.95. The van der Waals surface area contributed by atoms with Gasteiger partial charge in [0.2, 0.25) is 5.91 Å².